The van der Waals surface area contributed by atoms with E-state index in [4.69, 9.17) is 0 Å². The number of hydrogen-bond acceptors (Lipinski definition) is 2. The van der Waals surface area contributed by atoms with Gasteiger partial charge in [-0.25, -0.2) is 0 Å². The minimum absolute atomic E-state index is 0.00194. The Bertz CT molecular complexity index is 337. The maximum Gasteiger partial charge on any atom is 0.307 e. The maximum atomic E-state index is 12.0. The largest absolute Gasteiger partial charge is 0.481 e. The predicted octanol–water partition coefficient (Wildman–Crippen LogP) is 1.01. The van der Waals surface area contributed by atoms with E-state index >= 15 is 0 Å². The molecule has 3 saturated carbocycles. The van der Waals surface area contributed by atoms with Crippen LogP contribution in [0.1, 0.15) is 32.1 Å². The highest BCUT2D eigenvalue weighted by Gasteiger charge is 2.54. The van der Waals surface area contributed by atoms with Crippen LogP contribution in [0.4, 0.5) is 0 Å². The quantitative estimate of drug-likeness (QED) is 0.750. The first-order valence-electron chi connectivity index (χ1n) is 6.20. The van der Waals surface area contributed by atoms with E-state index in [-0.39, 0.29) is 17.7 Å². The number of carboxylic acid groups (broad SMARTS) is 1. The standard InChI is InChI=1S/C12H17NO3/c14-11(13-8-3-4-8)9-6-1-2-7(5-6)10(9)12(15)16/h6-10H,1-5H2,(H,13,14)(H,15,16)/t6-,7+,9-,10-/m0/s1. The van der Waals surface area contributed by atoms with Crippen molar-refractivity contribution < 1.29 is 14.7 Å². The van der Waals surface area contributed by atoms with Gasteiger partial charge >= 0.3 is 5.97 Å². The zero-order valence-electron chi connectivity index (χ0n) is 9.19. The molecule has 4 nitrogen and oxygen atoms in total. The lowest BCUT2D eigenvalue weighted by Gasteiger charge is -2.27. The minimum atomic E-state index is -0.775. The molecule has 0 unspecified atom stereocenters. The Labute approximate surface area is 94.4 Å². The molecule has 0 spiro atoms. The van der Waals surface area contributed by atoms with Crippen LogP contribution in [0.25, 0.3) is 0 Å². The Morgan fingerprint density at radius 2 is 1.62 bits per heavy atom. The van der Waals surface area contributed by atoms with E-state index in [9.17, 15) is 14.7 Å². The van der Waals surface area contributed by atoms with Gasteiger partial charge in [-0.15, -0.1) is 0 Å². The summed E-state index contributed by atoms with van der Waals surface area (Å²) < 4.78 is 0. The highest BCUT2D eigenvalue weighted by molar-refractivity contribution is 5.86. The van der Waals surface area contributed by atoms with Crippen molar-refractivity contribution in [3.8, 4) is 0 Å². The van der Waals surface area contributed by atoms with Gasteiger partial charge in [0.15, 0.2) is 0 Å². The smallest absolute Gasteiger partial charge is 0.307 e. The summed E-state index contributed by atoms with van der Waals surface area (Å²) in [5, 5.41) is 12.2. The van der Waals surface area contributed by atoms with Crippen molar-refractivity contribution in [2.24, 2.45) is 23.7 Å². The van der Waals surface area contributed by atoms with Crippen LogP contribution in [0.2, 0.25) is 0 Å². The van der Waals surface area contributed by atoms with E-state index in [1.807, 2.05) is 0 Å². The normalized spacial score (nSPS) is 41.0. The molecule has 3 aliphatic carbocycles. The fourth-order valence-electron chi connectivity index (χ4n) is 3.55. The SMILES string of the molecule is O=C(O)[C@H]1[C@@H]2CC[C@@H](C2)[C@@H]1C(=O)NC1CC1. The minimum Gasteiger partial charge on any atom is -0.481 e. The second-order valence-electron chi connectivity index (χ2n) is 5.51. The summed E-state index contributed by atoms with van der Waals surface area (Å²) in [4.78, 5) is 23.3. The van der Waals surface area contributed by atoms with Gasteiger partial charge in [0.1, 0.15) is 0 Å². The van der Waals surface area contributed by atoms with Gasteiger partial charge in [0.25, 0.3) is 0 Å². The van der Waals surface area contributed by atoms with Gasteiger partial charge in [-0.1, -0.05) is 0 Å². The van der Waals surface area contributed by atoms with E-state index in [0.717, 1.165) is 32.1 Å². The monoisotopic (exact) mass is 223 g/mol. The summed E-state index contributed by atoms with van der Waals surface area (Å²) in [5.74, 6) is -0.873. The number of aliphatic carboxylic acids is 1. The van der Waals surface area contributed by atoms with Gasteiger partial charge in [-0.2, -0.15) is 0 Å². The Morgan fingerprint density at radius 1 is 1.00 bits per heavy atom. The lowest BCUT2D eigenvalue weighted by molar-refractivity contribution is -0.149. The number of hydrogen-bond donors (Lipinski definition) is 2. The summed E-state index contributed by atoms with van der Waals surface area (Å²) in [6.45, 7) is 0. The van der Waals surface area contributed by atoms with Crippen LogP contribution in [0.15, 0.2) is 0 Å². The van der Waals surface area contributed by atoms with Crippen molar-refractivity contribution in [1.29, 1.82) is 0 Å². The first-order chi connectivity index (χ1) is 7.66. The average Bonchev–Trinajstić information content (AvgIpc) is 2.81. The van der Waals surface area contributed by atoms with Crippen LogP contribution in [0.3, 0.4) is 0 Å². The molecule has 0 radical (unpaired) electrons. The Morgan fingerprint density at radius 3 is 2.19 bits per heavy atom. The fraction of sp³-hybridized carbons (Fsp3) is 0.833. The molecule has 0 saturated heterocycles. The highest BCUT2D eigenvalue weighted by Crippen LogP contribution is 2.52. The van der Waals surface area contributed by atoms with Gasteiger partial charge in [0.2, 0.25) is 5.91 Å². The lowest BCUT2D eigenvalue weighted by Crippen LogP contribution is -2.42. The zero-order valence-corrected chi connectivity index (χ0v) is 9.19. The fourth-order valence-corrected chi connectivity index (χ4v) is 3.55. The molecule has 0 aromatic heterocycles. The van der Waals surface area contributed by atoms with Crippen molar-refractivity contribution in [1.82, 2.24) is 5.32 Å². The molecule has 0 aromatic rings. The van der Waals surface area contributed by atoms with E-state index < -0.39 is 11.9 Å². The Balaban J connectivity index is 1.75. The third-order valence-electron chi connectivity index (χ3n) is 4.43. The van der Waals surface area contributed by atoms with Gasteiger partial charge < -0.3 is 10.4 Å². The molecule has 4 atom stereocenters. The van der Waals surface area contributed by atoms with Crippen molar-refractivity contribution in [2.75, 3.05) is 0 Å². The van der Waals surface area contributed by atoms with E-state index in [2.05, 4.69) is 5.32 Å². The summed E-state index contributed by atoms with van der Waals surface area (Å²) in [5.41, 5.74) is 0. The lowest BCUT2D eigenvalue weighted by atomic mass is 9.78. The first kappa shape index (κ1) is 10.1. The zero-order chi connectivity index (χ0) is 11.3. The van der Waals surface area contributed by atoms with E-state index in [1.165, 1.54) is 0 Å². The van der Waals surface area contributed by atoms with Crippen molar-refractivity contribution in [3.05, 3.63) is 0 Å². The van der Waals surface area contributed by atoms with Crippen LogP contribution in [0, 0.1) is 23.7 Å². The molecular weight excluding hydrogens is 206 g/mol. The summed E-state index contributed by atoms with van der Waals surface area (Å²) >= 11 is 0. The highest BCUT2D eigenvalue weighted by atomic mass is 16.4. The third kappa shape index (κ3) is 1.51. The van der Waals surface area contributed by atoms with E-state index in [1.54, 1.807) is 0 Å². The van der Waals surface area contributed by atoms with Crippen LogP contribution in [-0.4, -0.2) is 23.0 Å². The first-order valence-corrected chi connectivity index (χ1v) is 6.20. The molecule has 4 heteroatoms. The van der Waals surface area contributed by atoms with Gasteiger partial charge in [0, 0.05) is 6.04 Å². The van der Waals surface area contributed by atoms with Crippen LogP contribution in [0.5, 0.6) is 0 Å². The van der Waals surface area contributed by atoms with Crippen molar-refractivity contribution in [2.45, 2.75) is 38.1 Å². The Hall–Kier alpha value is -1.06. The number of carboxylic acids is 1. The Kier molecular flexibility index (Phi) is 2.19. The van der Waals surface area contributed by atoms with E-state index in [0.29, 0.717) is 12.0 Å². The molecule has 2 N–H and O–H groups in total. The molecule has 3 aliphatic rings. The molecule has 1 amide bonds. The molecule has 0 aliphatic heterocycles. The number of amides is 1. The van der Waals surface area contributed by atoms with Crippen molar-refractivity contribution in [3.63, 3.8) is 0 Å². The predicted molar refractivity (Wildman–Crippen MR) is 56.6 cm³/mol. The number of fused-ring (bicyclic) bond motifs is 2. The number of carbonyl (C=O) groups is 2. The summed E-state index contributed by atoms with van der Waals surface area (Å²) in [7, 11) is 0. The third-order valence-corrected chi connectivity index (χ3v) is 4.43. The van der Waals surface area contributed by atoms with Crippen molar-refractivity contribution >= 4 is 11.9 Å². The molecule has 2 bridgehead atoms. The number of nitrogens with one attached hydrogen (secondary N) is 1. The molecule has 0 heterocycles. The number of rotatable bonds is 3. The summed E-state index contributed by atoms with van der Waals surface area (Å²) in [6, 6.07) is 0.334. The van der Waals surface area contributed by atoms with Crippen LogP contribution < -0.4 is 5.32 Å². The molecule has 88 valence electrons. The molecule has 3 fully saturated rings. The van der Waals surface area contributed by atoms with Gasteiger partial charge in [-0.3, -0.25) is 9.59 Å². The second kappa shape index (κ2) is 3.47. The van der Waals surface area contributed by atoms with Crippen LogP contribution in [-0.2, 0) is 9.59 Å². The maximum absolute atomic E-state index is 12.0. The summed E-state index contributed by atoms with van der Waals surface area (Å²) in [6.07, 6.45) is 5.10. The molecule has 16 heavy (non-hydrogen) atoms. The molecule has 3 rings (SSSR count). The second-order valence-corrected chi connectivity index (χ2v) is 5.51. The average molecular weight is 223 g/mol. The van der Waals surface area contributed by atoms with Gasteiger partial charge in [-0.05, 0) is 43.9 Å². The van der Waals surface area contributed by atoms with Gasteiger partial charge in [0.05, 0.1) is 11.8 Å². The molecular formula is C12H17NO3. The number of carbonyl (C=O) groups excluding carboxylic acids is 1. The van der Waals surface area contributed by atoms with Crippen LogP contribution >= 0.6 is 0 Å². The molecule has 0 aromatic carbocycles. The topological polar surface area (TPSA) is 66.4 Å².